The third kappa shape index (κ3) is 4.86. The molecule has 2 heterocycles. The van der Waals surface area contributed by atoms with Crippen molar-refractivity contribution in [3.05, 3.63) is 60.2 Å². The summed E-state index contributed by atoms with van der Waals surface area (Å²) in [5, 5.41) is 2.75. The maximum atomic E-state index is 12.4. The van der Waals surface area contributed by atoms with E-state index in [1.807, 2.05) is 35.2 Å². The molecule has 0 radical (unpaired) electrons. The maximum absolute atomic E-state index is 12.4. The van der Waals surface area contributed by atoms with Crippen molar-refractivity contribution in [2.75, 3.05) is 26.2 Å². The third-order valence-corrected chi connectivity index (χ3v) is 4.24. The summed E-state index contributed by atoms with van der Waals surface area (Å²) in [4.78, 5) is 33.9. The summed E-state index contributed by atoms with van der Waals surface area (Å²) in [5.74, 6) is -0.191. The van der Waals surface area contributed by atoms with E-state index in [4.69, 9.17) is 4.74 Å². The number of nitrogens with one attached hydrogen (secondary N) is 1. The van der Waals surface area contributed by atoms with Crippen LogP contribution in [0.2, 0.25) is 0 Å². The highest BCUT2D eigenvalue weighted by Gasteiger charge is 2.24. The van der Waals surface area contributed by atoms with Gasteiger partial charge in [0.05, 0.1) is 19.3 Å². The van der Waals surface area contributed by atoms with Gasteiger partial charge in [0.15, 0.2) is 0 Å². The number of ether oxygens (including phenoxy) is 1. The van der Waals surface area contributed by atoms with Gasteiger partial charge in [0.2, 0.25) is 5.91 Å². The van der Waals surface area contributed by atoms with E-state index in [1.165, 1.54) is 18.6 Å². The summed E-state index contributed by atoms with van der Waals surface area (Å²) >= 11 is 0. The number of aromatic nitrogens is 2. The molecule has 1 fully saturated rings. The Morgan fingerprint density at radius 1 is 1.23 bits per heavy atom. The minimum atomic E-state index is -0.277. The molecule has 0 saturated carbocycles. The molecule has 136 valence electrons. The number of nitrogens with zero attached hydrogens (tertiary/aromatic N) is 3. The number of morpholine rings is 1. The number of carbonyl (C=O) groups is 2. The molecule has 1 saturated heterocycles. The molecule has 26 heavy (non-hydrogen) atoms. The van der Waals surface area contributed by atoms with Gasteiger partial charge in [-0.25, -0.2) is 4.98 Å². The van der Waals surface area contributed by atoms with E-state index in [2.05, 4.69) is 15.3 Å². The molecule has 1 aliphatic heterocycles. The van der Waals surface area contributed by atoms with Crippen LogP contribution in [-0.4, -0.2) is 52.9 Å². The molecule has 2 aromatic rings. The molecular formula is C19H22N4O3. The van der Waals surface area contributed by atoms with Crippen LogP contribution < -0.4 is 5.32 Å². The molecule has 0 aliphatic carbocycles. The van der Waals surface area contributed by atoms with Crippen LogP contribution in [0, 0.1) is 0 Å². The van der Waals surface area contributed by atoms with Crippen LogP contribution in [0.15, 0.2) is 48.9 Å². The lowest BCUT2D eigenvalue weighted by molar-refractivity contribution is -0.139. The highest BCUT2D eigenvalue weighted by Crippen LogP contribution is 2.22. The predicted molar refractivity (Wildman–Crippen MR) is 95.3 cm³/mol. The molecule has 0 unspecified atom stereocenters. The zero-order valence-electron chi connectivity index (χ0n) is 14.5. The second kappa shape index (κ2) is 9.05. The number of rotatable bonds is 6. The van der Waals surface area contributed by atoms with Gasteiger partial charge in [0.25, 0.3) is 5.91 Å². The Labute approximate surface area is 152 Å². The van der Waals surface area contributed by atoms with Gasteiger partial charge in [-0.3, -0.25) is 14.6 Å². The first-order valence-electron chi connectivity index (χ1n) is 8.72. The monoisotopic (exact) mass is 354 g/mol. The Balaban J connectivity index is 1.41. The normalized spacial score (nSPS) is 16.9. The van der Waals surface area contributed by atoms with Crippen molar-refractivity contribution in [1.82, 2.24) is 20.2 Å². The van der Waals surface area contributed by atoms with Crippen LogP contribution in [0.3, 0.4) is 0 Å². The van der Waals surface area contributed by atoms with Crippen LogP contribution in [0.1, 0.15) is 35.0 Å². The first kappa shape index (κ1) is 18.0. The van der Waals surface area contributed by atoms with Crippen molar-refractivity contribution in [2.45, 2.75) is 18.9 Å². The molecule has 1 N–H and O–H groups in total. The molecule has 1 aliphatic rings. The van der Waals surface area contributed by atoms with E-state index < -0.39 is 0 Å². The van der Waals surface area contributed by atoms with Gasteiger partial charge in [-0.15, -0.1) is 0 Å². The van der Waals surface area contributed by atoms with Gasteiger partial charge in [0, 0.05) is 31.9 Å². The SMILES string of the molecule is O=C(NCCCC(=O)N1CCO[C@@H](c2ccccc2)C1)c1cnccn1. The van der Waals surface area contributed by atoms with Crippen LogP contribution in [0.4, 0.5) is 0 Å². The number of benzene rings is 1. The minimum absolute atomic E-state index is 0.0785. The fourth-order valence-corrected chi connectivity index (χ4v) is 2.85. The Morgan fingerprint density at radius 3 is 2.85 bits per heavy atom. The van der Waals surface area contributed by atoms with Crippen molar-refractivity contribution in [3.8, 4) is 0 Å². The van der Waals surface area contributed by atoms with Gasteiger partial charge in [0.1, 0.15) is 11.8 Å². The molecule has 0 spiro atoms. The zero-order valence-corrected chi connectivity index (χ0v) is 14.5. The second-order valence-corrected chi connectivity index (χ2v) is 6.06. The lowest BCUT2D eigenvalue weighted by Gasteiger charge is -2.33. The molecule has 7 nitrogen and oxygen atoms in total. The van der Waals surface area contributed by atoms with E-state index in [1.54, 1.807) is 0 Å². The van der Waals surface area contributed by atoms with Gasteiger partial charge in [-0.2, -0.15) is 0 Å². The highest BCUT2D eigenvalue weighted by molar-refractivity contribution is 5.91. The molecule has 7 heteroatoms. The van der Waals surface area contributed by atoms with Crippen LogP contribution in [-0.2, 0) is 9.53 Å². The number of hydrogen-bond acceptors (Lipinski definition) is 5. The molecule has 1 atom stereocenters. The molecule has 3 rings (SSSR count). The van der Waals surface area contributed by atoms with E-state index in [9.17, 15) is 9.59 Å². The Hall–Kier alpha value is -2.80. The number of amides is 2. The van der Waals surface area contributed by atoms with E-state index in [0.29, 0.717) is 39.1 Å². The molecule has 1 aromatic heterocycles. The average Bonchev–Trinajstić information content (AvgIpc) is 2.72. The highest BCUT2D eigenvalue weighted by atomic mass is 16.5. The van der Waals surface area contributed by atoms with Crippen molar-refractivity contribution < 1.29 is 14.3 Å². The quantitative estimate of drug-likeness (QED) is 0.797. The van der Waals surface area contributed by atoms with E-state index in [-0.39, 0.29) is 23.6 Å². The standard InChI is InChI=1S/C19H22N4O3/c24-18(7-4-8-22-19(25)16-13-20-9-10-21-16)23-11-12-26-17(14-23)15-5-2-1-3-6-15/h1-3,5-6,9-10,13,17H,4,7-8,11-12,14H2,(H,22,25)/t17-/m1/s1. The topological polar surface area (TPSA) is 84.4 Å². The van der Waals surface area contributed by atoms with Crippen molar-refractivity contribution >= 4 is 11.8 Å². The van der Waals surface area contributed by atoms with Crippen LogP contribution >= 0.6 is 0 Å². The Morgan fingerprint density at radius 2 is 2.08 bits per heavy atom. The summed E-state index contributed by atoms with van der Waals surface area (Å²) in [6.07, 6.45) is 5.30. The van der Waals surface area contributed by atoms with Crippen molar-refractivity contribution in [3.63, 3.8) is 0 Å². The van der Waals surface area contributed by atoms with Gasteiger partial charge in [-0.1, -0.05) is 30.3 Å². The second-order valence-electron chi connectivity index (χ2n) is 6.06. The zero-order chi connectivity index (χ0) is 18.2. The third-order valence-electron chi connectivity index (χ3n) is 4.24. The van der Waals surface area contributed by atoms with Crippen LogP contribution in [0.5, 0.6) is 0 Å². The maximum Gasteiger partial charge on any atom is 0.271 e. The molecule has 0 bridgehead atoms. The van der Waals surface area contributed by atoms with Gasteiger partial charge >= 0.3 is 0 Å². The molecular weight excluding hydrogens is 332 g/mol. The minimum Gasteiger partial charge on any atom is -0.370 e. The van der Waals surface area contributed by atoms with Crippen LogP contribution in [0.25, 0.3) is 0 Å². The predicted octanol–water partition coefficient (Wildman–Crippen LogP) is 1.59. The van der Waals surface area contributed by atoms with E-state index in [0.717, 1.165) is 5.56 Å². The first-order chi connectivity index (χ1) is 12.7. The van der Waals surface area contributed by atoms with E-state index >= 15 is 0 Å². The Bertz CT molecular complexity index is 724. The van der Waals surface area contributed by atoms with Gasteiger partial charge < -0.3 is 15.0 Å². The number of hydrogen-bond donors (Lipinski definition) is 1. The lowest BCUT2D eigenvalue weighted by atomic mass is 10.1. The summed E-state index contributed by atoms with van der Waals surface area (Å²) < 4.78 is 5.79. The summed E-state index contributed by atoms with van der Waals surface area (Å²) in [5.41, 5.74) is 1.36. The summed E-state index contributed by atoms with van der Waals surface area (Å²) in [6.45, 7) is 2.13. The average molecular weight is 354 g/mol. The fourth-order valence-electron chi connectivity index (χ4n) is 2.85. The largest absolute Gasteiger partial charge is 0.370 e. The van der Waals surface area contributed by atoms with Crippen molar-refractivity contribution in [2.24, 2.45) is 0 Å². The lowest BCUT2D eigenvalue weighted by Crippen LogP contribution is -2.42. The Kier molecular flexibility index (Phi) is 6.27. The fraction of sp³-hybridized carbons (Fsp3) is 0.368. The summed E-state index contributed by atoms with van der Waals surface area (Å²) in [7, 11) is 0. The number of carbonyl (C=O) groups excluding carboxylic acids is 2. The molecule has 1 aromatic carbocycles. The van der Waals surface area contributed by atoms with Crippen molar-refractivity contribution in [1.29, 1.82) is 0 Å². The van der Waals surface area contributed by atoms with Gasteiger partial charge in [-0.05, 0) is 12.0 Å². The summed E-state index contributed by atoms with van der Waals surface area (Å²) in [6, 6.07) is 9.93. The smallest absolute Gasteiger partial charge is 0.271 e. The molecule has 2 amide bonds. The first-order valence-corrected chi connectivity index (χ1v) is 8.72.